The summed E-state index contributed by atoms with van der Waals surface area (Å²) in [5, 5.41) is 0. The fourth-order valence-corrected chi connectivity index (χ4v) is 4.29. The number of benzene rings is 2. The molecular weight excluding hydrogens is 484 g/mol. The molecule has 3 rings (SSSR count). The minimum Gasteiger partial charge on any atom is -0.299 e. The van der Waals surface area contributed by atoms with Crippen molar-refractivity contribution in [2.45, 2.75) is 38.5 Å². The number of ketones is 3. The summed E-state index contributed by atoms with van der Waals surface area (Å²) in [7, 11) is 0. The van der Waals surface area contributed by atoms with E-state index in [0.717, 1.165) is 21.8 Å². The van der Waals surface area contributed by atoms with Crippen LogP contribution in [0.2, 0.25) is 0 Å². The van der Waals surface area contributed by atoms with Gasteiger partial charge in [-0.1, -0.05) is 56.1 Å². The number of hydrogen-bond acceptors (Lipinski definition) is 3. The maximum Gasteiger partial charge on any atom is 0.162 e. The number of Topliss-reactive ketones (excluding diaryl/α,β-unsaturated/α-hetero) is 3. The van der Waals surface area contributed by atoms with Gasteiger partial charge in [-0.3, -0.25) is 14.4 Å². The molecule has 0 aliphatic heterocycles. The van der Waals surface area contributed by atoms with Crippen molar-refractivity contribution >= 4 is 49.2 Å². The molecule has 5 heteroatoms. The van der Waals surface area contributed by atoms with E-state index in [0.29, 0.717) is 36.8 Å². The molecule has 0 spiro atoms. The van der Waals surface area contributed by atoms with Gasteiger partial charge in [0.1, 0.15) is 5.78 Å². The Hall–Kier alpha value is -1.59. The first-order chi connectivity index (χ1) is 13.4. The van der Waals surface area contributed by atoms with Crippen LogP contribution >= 0.6 is 31.9 Å². The van der Waals surface area contributed by atoms with Crippen LogP contribution in [0.3, 0.4) is 0 Å². The highest BCUT2D eigenvalue weighted by atomic mass is 79.9. The van der Waals surface area contributed by atoms with Crippen LogP contribution in [0.1, 0.15) is 59.2 Å². The molecule has 28 heavy (non-hydrogen) atoms. The van der Waals surface area contributed by atoms with Crippen LogP contribution in [-0.4, -0.2) is 17.3 Å². The lowest BCUT2D eigenvalue weighted by Gasteiger charge is -2.10. The molecule has 2 aromatic carbocycles. The van der Waals surface area contributed by atoms with Gasteiger partial charge in [0.05, 0.1) is 0 Å². The summed E-state index contributed by atoms with van der Waals surface area (Å²) < 4.78 is 1.88. The van der Waals surface area contributed by atoms with Gasteiger partial charge < -0.3 is 0 Å². The van der Waals surface area contributed by atoms with Crippen molar-refractivity contribution in [1.29, 1.82) is 0 Å². The number of hydrogen-bond donors (Lipinski definition) is 0. The maximum absolute atomic E-state index is 12.7. The van der Waals surface area contributed by atoms with Crippen LogP contribution in [0.25, 0.3) is 0 Å². The van der Waals surface area contributed by atoms with Gasteiger partial charge in [-0.2, -0.15) is 0 Å². The Labute approximate surface area is 182 Å². The first-order valence-electron chi connectivity index (χ1n) is 9.55. The second-order valence-corrected chi connectivity index (χ2v) is 9.14. The summed E-state index contributed by atoms with van der Waals surface area (Å²) in [4.78, 5) is 37.3. The Bertz CT molecular complexity index is 785. The van der Waals surface area contributed by atoms with Crippen LogP contribution in [0.4, 0.5) is 0 Å². The third kappa shape index (κ3) is 5.48. The third-order valence-electron chi connectivity index (χ3n) is 5.44. The van der Waals surface area contributed by atoms with E-state index in [1.807, 2.05) is 24.3 Å². The van der Waals surface area contributed by atoms with Crippen molar-refractivity contribution in [2.24, 2.45) is 11.8 Å². The van der Waals surface area contributed by atoms with Crippen molar-refractivity contribution in [1.82, 2.24) is 0 Å². The summed E-state index contributed by atoms with van der Waals surface area (Å²) in [5.74, 6) is 0.287. The molecule has 146 valence electrons. The van der Waals surface area contributed by atoms with Gasteiger partial charge in [-0.05, 0) is 49.9 Å². The summed E-state index contributed by atoms with van der Waals surface area (Å²) in [5.41, 5.74) is 1.37. The average Bonchev–Trinajstić information content (AvgIpc) is 3.05. The molecule has 0 radical (unpaired) electrons. The van der Waals surface area contributed by atoms with E-state index in [4.69, 9.17) is 0 Å². The number of carbonyl (C=O) groups is 3. The van der Waals surface area contributed by atoms with E-state index in [1.165, 1.54) is 0 Å². The quantitative estimate of drug-likeness (QED) is 0.388. The molecule has 2 atom stereocenters. The van der Waals surface area contributed by atoms with E-state index in [1.54, 1.807) is 24.3 Å². The predicted octanol–water partition coefficient (Wildman–Crippen LogP) is 6.43. The van der Waals surface area contributed by atoms with Crippen molar-refractivity contribution in [3.8, 4) is 0 Å². The second kappa shape index (κ2) is 9.75. The van der Waals surface area contributed by atoms with Crippen LogP contribution < -0.4 is 0 Å². The number of carbonyl (C=O) groups excluding carboxylic acids is 3. The summed E-state index contributed by atoms with van der Waals surface area (Å²) in [6.07, 6.45) is 3.63. The second-order valence-electron chi connectivity index (χ2n) is 7.31. The highest BCUT2D eigenvalue weighted by Gasteiger charge is 2.34. The van der Waals surface area contributed by atoms with E-state index in [9.17, 15) is 14.4 Å². The van der Waals surface area contributed by atoms with Gasteiger partial charge >= 0.3 is 0 Å². The monoisotopic (exact) mass is 504 g/mol. The lowest BCUT2D eigenvalue weighted by Crippen LogP contribution is -2.16. The molecule has 0 aromatic heterocycles. The molecule has 0 bridgehead atoms. The minimum absolute atomic E-state index is 0.0489. The van der Waals surface area contributed by atoms with Crippen molar-refractivity contribution in [3.63, 3.8) is 0 Å². The Morgan fingerprint density at radius 1 is 0.714 bits per heavy atom. The highest BCUT2D eigenvalue weighted by Crippen LogP contribution is 2.34. The molecule has 0 amide bonds. The zero-order chi connectivity index (χ0) is 20.1. The fraction of sp³-hybridized carbons (Fsp3) is 0.348. The largest absolute Gasteiger partial charge is 0.299 e. The van der Waals surface area contributed by atoms with Crippen LogP contribution in [0.15, 0.2) is 57.5 Å². The SMILES string of the molecule is O=C(CC[C@@H]1CC[C@@H](CCC(=O)c2ccc(Br)cc2)C1=O)c1ccc(Br)cc1. The van der Waals surface area contributed by atoms with Gasteiger partial charge in [-0.25, -0.2) is 0 Å². The number of halogens is 2. The van der Waals surface area contributed by atoms with E-state index < -0.39 is 0 Å². The molecule has 1 fully saturated rings. The summed E-state index contributed by atoms with van der Waals surface area (Å²) in [6, 6.07) is 14.6. The Kier molecular flexibility index (Phi) is 7.36. The Morgan fingerprint density at radius 3 is 1.43 bits per heavy atom. The molecule has 1 saturated carbocycles. The van der Waals surface area contributed by atoms with Gasteiger partial charge in [0.15, 0.2) is 11.6 Å². The van der Waals surface area contributed by atoms with Crippen molar-refractivity contribution in [3.05, 3.63) is 68.6 Å². The highest BCUT2D eigenvalue weighted by molar-refractivity contribution is 9.10. The molecule has 1 aliphatic carbocycles. The van der Waals surface area contributed by atoms with Gasteiger partial charge in [0.25, 0.3) is 0 Å². The molecule has 2 aromatic rings. The molecule has 0 saturated heterocycles. The minimum atomic E-state index is -0.0489. The first kappa shape index (κ1) is 21.1. The van der Waals surface area contributed by atoms with E-state index in [-0.39, 0.29) is 29.2 Å². The van der Waals surface area contributed by atoms with Crippen LogP contribution in [0, 0.1) is 11.8 Å². The zero-order valence-corrected chi connectivity index (χ0v) is 18.7. The molecular formula is C23H22Br2O3. The smallest absolute Gasteiger partial charge is 0.162 e. The predicted molar refractivity (Wildman–Crippen MR) is 117 cm³/mol. The average molecular weight is 506 g/mol. The van der Waals surface area contributed by atoms with Gasteiger partial charge in [0, 0.05) is 44.7 Å². The third-order valence-corrected chi connectivity index (χ3v) is 6.50. The Balaban J connectivity index is 1.46. The lowest BCUT2D eigenvalue weighted by atomic mass is 9.92. The molecule has 1 aliphatic rings. The fourth-order valence-electron chi connectivity index (χ4n) is 3.76. The summed E-state index contributed by atoms with van der Waals surface area (Å²) in [6.45, 7) is 0. The summed E-state index contributed by atoms with van der Waals surface area (Å²) >= 11 is 6.73. The lowest BCUT2D eigenvalue weighted by molar-refractivity contribution is -0.124. The normalized spacial score (nSPS) is 19.0. The number of rotatable bonds is 8. The van der Waals surface area contributed by atoms with Gasteiger partial charge in [-0.15, -0.1) is 0 Å². The molecule has 0 N–H and O–H groups in total. The van der Waals surface area contributed by atoms with E-state index in [2.05, 4.69) is 31.9 Å². The van der Waals surface area contributed by atoms with Crippen LogP contribution in [0.5, 0.6) is 0 Å². The first-order valence-corrected chi connectivity index (χ1v) is 11.1. The van der Waals surface area contributed by atoms with Crippen molar-refractivity contribution in [2.75, 3.05) is 0 Å². The van der Waals surface area contributed by atoms with Crippen LogP contribution in [-0.2, 0) is 4.79 Å². The zero-order valence-electron chi connectivity index (χ0n) is 15.5. The maximum atomic E-state index is 12.7. The van der Waals surface area contributed by atoms with Crippen molar-refractivity contribution < 1.29 is 14.4 Å². The molecule has 0 unspecified atom stereocenters. The Morgan fingerprint density at radius 2 is 1.07 bits per heavy atom. The molecule has 0 heterocycles. The van der Waals surface area contributed by atoms with Gasteiger partial charge in [0.2, 0.25) is 0 Å². The van der Waals surface area contributed by atoms with E-state index >= 15 is 0 Å². The standard InChI is InChI=1S/C23H22Br2O3/c24-19-9-3-15(4-10-19)21(26)13-7-17-1-2-18(23(17)28)8-14-22(27)16-5-11-20(25)12-6-16/h3-6,9-12,17-18H,1-2,7-8,13-14H2/t17-,18-/m0/s1. The molecule has 3 nitrogen and oxygen atoms in total. The topological polar surface area (TPSA) is 51.2 Å².